The second kappa shape index (κ2) is 42.5. The smallest absolute Gasteiger partial charge is 0.0533 e. The van der Waals surface area contributed by atoms with Gasteiger partial charge in [-0.25, -0.2) is 0 Å². The standard InChI is InChI=1S/C27H56.C12H26/c1-3-5-7-9-11-13-15-17-19-21-23-25-27-26-24-22-20-18-16-14-12-10-8-6-4-2;1-3-5-7-9-11-12-10-8-6-4-2/h3-27H2,1-2H3;3-12H2,1-2H3. The van der Waals surface area contributed by atoms with Gasteiger partial charge in [0.2, 0.25) is 0 Å². The third-order valence-electron chi connectivity index (χ3n) is 8.66. The van der Waals surface area contributed by atoms with Crippen LogP contribution < -0.4 is 0 Å². The molecular weight excluding hydrogens is 468 g/mol. The van der Waals surface area contributed by atoms with Gasteiger partial charge in [0, 0.05) is 0 Å². The van der Waals surface area contributed by atoms with Crippen LogP contribution in [0.5, 0.6) is 0 Å². The van der Waals surface area contributed by atoms with Crippen molar-refractivity contribution in [3.8, 4) is 0 Å². The van der Waals surface area contributed by atoms with Crippen molar-refractivity contribution in [2.24, 2.45) is 0 Å². The monoisotopic (exact) mass is 551 g/mol. The Morgan fingerprint density at radius 2 is 0.205 bits per heavy atom. The Bertz CT molecular complexity index is 325. The fourth-order valence-corrected chi connectivity index (χ4v) is 5.77. The highest BCUT2D eigenvalue weighted by Crippen LogP contribution is 2.16. The Kier molecular flexibility index (Phi) is 44.8. The molecule has 0 aliphatic carbocycles. The number of rotatable bonds is 33. The minimum atomic E-state index is 1.37. The van der Waals surface area contributed by atoms with Crippen LogP contribution in [0.25, 0.3) is 0 Å². The Morgan fingerprint density at radius 3 is 0.282 bits per heavy atom. The Morgan fingerprint density at radius 1 is 0.128 bits per heavy atom. The fraction of sp³-hybridized carbons (Fsp3) is 1.00. The van der Waals surface area contributed by atoms with Gasteiger partial charge in [-0.1, -0.05) is 252 Å². The van der Waals surface area contributed by atoms with Gasteiger partial charge in [-0.05, 0) is 0 Å². The van der Waals surface area contributed by atoms with Crippen molar-refractivity contribution < 1.29 is 0 Å². The highest BCUT2D eigenvalue weighted by molar-refractivity contribution is 4.51. The molecule has 0 N–H and O–H groups in total. The van der Waals surface area contributed by atoms with E-state index in [1.807, 2.05) is 0 Å². The molecule has 0 nitrogen and oxygen atoms in total. The second-order valence-electron chi connectivity index (χ2n) is 13.0. The minimum Gasteiger partial charge on any atom is -0.0654 e. The van der Waals surface area contributed by atoms with E-state index in [0.29, 0.717) is 0 Å². The summed E-state index contributed by atoms with van der Waals surface area (Å²) in [5, 5.41) is 0. The second-order valence-corrected chi connectivity index (χ2v) is 13.0. The Labute approximate surface area is 252 Å². The van der Waals surface area contributed by atoms with Gasteiger partial charge >= 0.3 is 0 Å². The molecule has 0 atom stereocenters. The fourth-order valence-electron chi connectivity index (χ4n) is 5.77. The number of hydrogen-bond donors (Lipinski definition) is 0. The van der Waals surface area contributed by atoms with Crippen molar-refractivity contribution in [1.29, 1.82) is 0 Å². The summed E-state index contributed by atoms with van der Waals surface area (Å²) < 4.78 is 0. The molecule has 0 rings (SSSR count). The first kappa shape index (κ1) is 41.1. The zero-order chi connectivity index (χ0) is 28.7. The molecule has 0 aromatic carbocycles. The lowest BCUT2D eigenvalue weighted by atomic mass is 10.0. The van der Waals surface area contributed by atoms with Gasteiger partial charge in [0.25, 0.3) is 0 Å². The molecule has 238 valence electrons. The summed E-state index contributed by atoms with van der Waals surface area (Å²) in [4.78, 5) is 0. The molecule has 0 amide bonds. The van der Waals surface area contributed by atoms with E-state index in [-0.39, 0.29) is 0 Å². The molecule has 0 unspecified atom stereocenters. The molecule has 0 bridgehead atoms. The first-order valence-electron chi connectivity index (χ1n) is 19.3. The Hall–Kier alpha value is 0. The molecule has 0 fully saturated rings. The van der Waals surface area contributed by atoms with Crippen molar-refractivity contribution in [3.05, 3.63) is 0 Å². The van der Waals surface area contributed by atoms with E-state index in [0.717, 1.165) is 0 Å². The minimum absolute atomic E-state index is 1.37. The van der Waals surface area contributed by atoms with Crippen molar-refractivity contribution >= 4 is 0 Å². The summed E-state index contributed by atoms with van der Waals surface area (Å²) in [6, 6.07) is 0. The van der Waals surface area contributed by atoms with Crippen LogP contribution in [0.1, 0.15) is 252 Å². The van der Waals surface area contributed by atoms with Crippen LogP contribution >= 0.6 is 0 Å². The number of unbranched alkanes of at least 4 members (excludes halogenated alkanes) is 33. The van der Waals surface area contributed by atoms with Crippen LogP contribution in [-0.4, -0.2) is 0 Å². The first-order valence-corrected chi connectivity index (χ1v) is 19.3. The lowest BCUT2D eigenvalue weighted by molar-refractivity contribution is 0.517. The highest BCUT2D eigenvalue weighted by Gasteiger charge is 1.96. The third kappa shape index (κ3) is 45.2. The van der Waals surface area contributed by atoms with Crippen molar-refractivity contribution in [1.82, 2.24) is 0 Å². The predicted octanol–water partition coefficient (Wildman–Crippen LogP) is 15.7. The van der Waals surface area contributed by atoms with Gasteiger partial charge in [0.15, 0.2) is 0 Å². The topological polar surface area (TPSA) is 0 Å². The van der Waals surface area contributed by atoms with E-state index in [2.05, 4.69) is 27.7 Å². The van der Waals surface area contributed by atoms with Gasteiger partial charge in [-0.2, -0.15) is 0 Å². The number of hydrogen-bond acceptors (Lipinski definition) is 0. The molecule has 0 aliphatic heterocycles. The Balaban J connectivity index is 0. The van der Waals surface area contributed by atoms with Gasteiger partial charge in [0.1, 0.15) is 0 Å². The van der Waals surface area contributed by atoms with Crippen molar-refractivity contribution in [2.45, 2.75) is 252 Å². The lowest BCUT2D eigenvalue weighted by Crippen LogP contribution is -1.84. The molecule has 0 spiro atoms. The average molecular weight is 551 g/mol. The zero-order valence-corrected chi connectivity index (χ0v) is 28.7. The maximum Gasteiger partial charge on any atom is -0.0533 e. The largest absolute Gasteiger partial charge is 0.0654 e. The van der Waals surface area contributed by atoms with Gasteiger partial charge in [0.05, 0.1) is 0 Å². The first-order chi connectivity index (χ1) is 19.3. The normalized spacial score (nSPS) is 11.1. The molecule has 39 heavy (non-hydrogen) atoms. The lowest BCUT2D eigenvalue weighted by Gasteiger charge is -2.04. The molecule has 0 heteroatoms. The van der Waals surface area contributed by atoms with E-state index >= 15 is 0 Å². The van der Waals surface area contributed by atoms with Gasteiger partial charge in [-0.3, -0.25) is 0 Å². The summed E-state index contributed by atoms with van der Waals surface area (Å²) in [7, 11) is 0. The molecule has 0 radical (unpaired) electrons. The van der Waals surface area contributed by atoms with E-state index in [9.17, 15) is 0 Å². The third-order valence-corrected chi connectivity index (χ3v) is 8.66. The summed E-state index contributed by atoms with van der Waals surface area (Å²) in [6.45, 7) is 9.17. The van der Waals surface area contributed by atoms with Crippen LogP contribution in [-0.2, 0) is 0 Å². The molecular formula is C39H82. The SMILES string of the molecule is CCCCCCCCCCCC.CCCCCCCCCCCCCCCCCCCCCCCCCCC. The summed E-state index contributed by atoms with van der Waals surface area (Å²) in [5.74, 6) is 0. The highest BCUT2D eigenvalue weighted by atomic mass is 14.0. The molecule has 0 saturated carbocycles. The van der Waals surface area contributed by atoms with E-state index in [1.54, 1.807) is 0 Å². The van der Waals surface area contributed by atoms with Crippen LogP contribution in [0.4, 0.5) is 0 Å². The summed E-state index contributed by atoms with van der Waals surface area (Å²) >= 11 is 0. The van der Waals surface area contributed by atoms with E-state index < -0.39 is 0 Å². The van der Waals surface area contributed by atoms with Crippen LogP contribution in [0, 0.1) is 0 Å². The zero-order valence-electron chi connectivity index (χ0n) is 28.7. The average Bonchev–Trinajstić information content (AvgIpc) is 2.95. The maximum atomic E-state index is 2.30. The van der Waals surface area contributed by atoms with Gasteiger partial charge in [-0.15, -0.1) is 0 Å². The quantitative estimate of drug-likeness (QED) is 0.0713. The summed E-state index contributed by atoms with van der Waals surface area (Å²) in [5.41, 5.74) is 0. The van der Waals surface area contributed by atoms with Crippen LogP contribution in [0.15, 0.2) is 0 Å². The van der Waals surface area contributed by atoms with Gasteiger partial charge < -0.3 is 0 Å². The van der Waals surface area contributed by atoms with Crippen LogP contribution in [0.2, 0.25) is 0 Å². The van der Waals surface area contributed by atoms with Crippen LogP contribution in [0.3, 0.4) is 0 Å². The maximum absolute atomic E-state index is 2.30. The van der Waals surface area contributed by atoms with Crippen molar-refractivity contribution in [3.63, 3.8) is 0 Å². The van der Waals surface area contributed by atoms with Crippen molar-refractivity contribution in [2.75, 3.05) is 0 Å². The van der Waals surface area contributed by atoms with E-state index in [4.69, 9.17) is 0 Å². The summed E-state index contributed by atoms with van der Waals surface area (Å²) in [6.07, 6.45) is 51.3. The molecule has 0 aromatic heterocycles. The molecule has 0 aliphatic rings. The molecule has 0 heterocycles. The van der Waals surface area contributed by atoms with E-state index in [1.165, 1.54) is 225 Å². The molecule has 0 saturated heterocycles. The predicted molar refractivity (Wildman–Crippen MR) is 184 cm³/mol. The molecule has 0 aromatic rings.